The van der Waals surface area contributed by atoms with Crippen molar-refractivity contribution in [2.24, 2.45) is 0 Å². The molecule has 1 saturated carbocycles. The first-order valence-electron chi connectivity index (χ1n) is 11.1. The van der Waals surface area contributed by atoms with Crippen LogP contribution < -0.4 is 0 Å². The molecule has 0 atom stereocenters. The molecule has 0 bridgehead atoms. The van der Waals surface area contributed by atoms with Crippen LogP contribution in [0.4, 0.5) is 0 Å². The zero-order valence-corrected chi connectivity index (χ0v) is 19.0. The second kappa shape index (κ2) is 9.38. The lowest BCUT2D eigenvalue weighted by molar-refractivity contribution is 0.102. The van der Waals surface area contributed by atoms with Crippen molar-refractivity contribution in [3.05, 3.63) is 53.1 Å². The van der Waals surface area contributed by atoms with Gasteiger partial charge in [-0.15, -0.1) is 16.8 Å². The van der Waals surface area contributed by atoms with E-state index in [1.807, 2.05) is 6.08 Å². The van der Waals surface area contributed by atoms with Gasteiger partial charge in [-0.1, -0.05) is 29.5 Å². The van der Waals surface area contributed by atoms with Gasteiger partial charge in [0.25, 0.3) is 0 Å². The molecule has 6 heteroatoms. The first kappa shape index (κ1) is 21.2. The summed E-state index contributed by atoms with van der Waals surface area (Å²) in [6.45, 7) is 9.69. The molecular formula is C24H32N4OS. The highest BCUT2D eigenvalue weighted by atomic mass is 32.2. The Morgan fingerprint density at radius 2 is 2.10 bits per heavy atom. The Kier molecular flexibility index (Phi) is 6.61. The van der Waals surface area contributed by atoms with Crippen LogP contribution in [-0.4, -0.2) is 30.9 Å². The second-order valence-corrected chi connectivity index (χ2v) is 9.46. The highest BCUT2D eigenvalue weighted by Gasteiger charge is 2.30. The monoisotopic (exact) mass is 424 g/mol. The molecule has 30 heavy (non-hydrogen) atoms. The van der Waals surface area contributed by atoms with Crippen molar-refractivity contribution in [3.63, 3.8) is 0 Å². The second-order valence-electron chi connectivity index (χ2n) is 8.52. The summed E-state index contributed by atoms with van der Waals surface area (Å²) in [7, 11) is 0. The minimum Gasteiger partial charge on any atom is -0.348 e. The third-order valence-corrected chi connectivity index (χ3v) is 7.21. The lowest BCUT2D eigenvalue weighted by Gasteiger charge is -2.15. The summed E-state index contributed by atoms with van der Waals surface area (Å²) in [6.07, 6.45) is 12.8. The van der Waals surface area contributed by atoms with Gasteiger partial charge >= 0.3 is 0 Å². The lowest BCUT2D eigenvalue weighted by atomic mass is 9.97. The molecule has 2 aliphatic carbocycles. The number of aromatic nitrogens is 4. The topological polar surface area (TPSA) is 52.7 Å². The number of carbonyl (C=O) groups is 1. The van der Waals surface area contributed by atoms with Gasteiger partial charge in [0.2, 0.25) is 0 Å². The average molecular weight is 425 g/mol. The average Bonchev–Trinajstić information content (AvgIpc) is 3.46. The minimum absolute atomic E-state index is 0.164. The van der Waals surface area contributed by atoms with Crippen molar-refractivity contribution in [2.75, 3.05) is 5.75 Å². The van der Waals surface area contributed by atoms with E-state index >= 15 is 0 Å². The molecule has 0 radical (unpaired) electrons. The van der Waals surface area contributed by atoms with E-state index in [-0.39, 0.29) is 5.78 Å². The van der Waals surface area contributed by atoms with Crippen LogP contribution in [0.25, 0.3) is 0 Å². The number of Topliss-reactive ketones (excluding diaryl/α,β-unsaturated/α-hetero) is 1. The van der Waals surface area contributed by atoms with Crippen molar-refractivity contribution >= 4 is 17.5 Å². The number of hydrogen-bond acceptors (Lipinski definition) is 4. The van der Waals surface area contributed by atoms with E-state index in [1.54, 1.807) is 5.57 Å². The van der Waals surface area contributed by atoms with Gasteiger partial charge in [-0.3, -0.25) is 4.79 Å². The molecular weight excluding hydrogens is 392 g/mol. The van der Waals surface area contributed by atoms with E-state index in [2.05, 4.69) is 51.9 Å². The molecule has 4 rings (SSSR count). The summed E-state index contributed by atoms with van der Waals surface area (Å²) in [5.74, 6) is 2.12. The first-order valence-corrected chi connectivity index (χ1v) is 12.1. The first-order chi connectivity index (χ1) is 14.6. The molecule has 0 amide bonds. The van der Waals surface area contributed by atoms with E-state index in [0.29, 0.717) is 18.2 Å². The predicted octanol–water partition coefficient (Wildman–Crippen LogP) is 5.63. The van der Waals surface area contributed by atoms with E-state index in [9.17, 15) is 4.79 Å². The molecule has 2 aromatic heterocycles. The van der Waals surface area contributed by atoms with Crippen molar-refractivity contribution in [2.45, 2.75) is 83.0 Å². The number of nitrogens with zero attached hydrogens (tertiary/aromatic N) is 4. The summed E-state index contributed by atoms with van der Waals surface area (Å²) < 4.78 is 4.42. The zero-order chi connectivity index (χ0) is 21.1. The highest BCUT2D eigenvalue weighted by Crippen LogP contribution is 2.40. The SMILES string of the molecule is C=CCn1c(SCC(=O)c2cc(C)n(CCC3=CCCCC3)c2C)nnc1C1CC1. The Bertz CT molecular complexity index is 964. The van der Waals surface area contributed by atoms with E-state index in [1.165, 1.54) is 56.0 Å². The summed E-state index contributed by atoms with van der Waals surface area (Å²) >= 11 is 1.49. The van der Waals surface area contributed by atoms with Crippen molar-refractivity contribution in [3.8, 4) is 0 Å². The van der Waals surface area contributed by atoms with Crippen molar-refractivity contribution < 1.29 is 4.79 Å². The molecule has 0 N–H and O–H groups in total. The smallest absolute Gasteiger partial charge is 0.191 e. The number of allylic oxidation sites excluding steroid dienone is 3. The van der Waals surface area contributed by atoms with E-state index in [4.69, 9.17) is 0 Å². The van der Waals surface area contributed by atoms with Gasteiger partial charge < -0.3 is 9.13 Å². The zero-order valence-electron chi connectivity index (χ0n) is 18.2. The highest BCUT2D eigenvalue weighted by molar-refractivity contribution is 7.99. The third-order valence-electron chi connectivity index (χ3n) is 6.25. The Hall–Kier alpha value is -2.08. The fourth-order valence-corrected chi connectivity index (χ4v) is 5.21. The van der Waals surface area contributed by atoms with Crippen molar-refractivity contribution in [1.82, 2.24) is 19.3 Å². The summed E-state index contributed by atoms with van der Waals surface area (Å²) in [5.41, 5.74) is 4.67. The largest absolute Gasteiger partial charge is 0.348 e. The van der Waals surface area contributed by atoms with Crippen LogP contribution in [0.3, 0.4) is 0 Å². The molecule has 0 saturated heterocycles. The molecule has 2 aliphatic rings. The summed E-state index contributed by atoms with van der Waals surface area (Å²) in [6, 6.07) is 2.05. The van der Waals surface area contributed by atoms with Crippen LogP contribution >= 0.6 is 11.8 Å². The van der Waals surface area contributed by atoms with Crippen LogP contribution in [-0.2, 0) is 13.1 Å². The maximum atomic E-state index is 13.0. The number of carbonyl (C=O) groups excluding carboxylic acids is 1. The molecule has 2 aromatic rings. The maximum absolute atomic E-state index is 13.0. The fourth-order valence-electron chi connectivity index (χ4n) is 4.37. The number of hydrogen-bond donors (Lipinski definition) is 0. The van der Waals surface area contributed by atoms with Gasteiger partial charge in [0.15, 0.2) is 10.9 Å². The van der Waals surface area contributed by atoms with Gasteiger partial charge in [-0.05, 0) is 64.9 Å². The van der Waals surface area contributed by atoms with E-state index < -0.39 is 0 Å². The number of aryl methyl sites for hydroxylation is 1. The Morgan fingerprint density at radius 1 is 1.27 bits per heavy atom. The Labute approximate surface area is 183 Å². The van der Waals surface area contributed by atoms with Crippen LogP contribution in [0.1, 0.15) is 78.4 Å². The Balaban J connectivity index is 1.41. The molecule has 0 aliphatic heterocycles. The fraction of sp³-hybridized carbons (Fsp3) is 0.542. The van der Waals surface area contributed by atoms with Crippen LogP contribution in [0.15, 0.2) is 35.5 Å². The van der Waals surface area contributed by atoms with Gasteiger partial charge in [0, 0.05) is 36.0 Å². The van der Waals surface area contributed by atoms with Crippen molar-refractivity contribution in [1.29, 1.82) is 0 Å². The third kappa shape index (κ3) is 4.64. The van der Waals surface area contributed by atoms with Crippen LogP contribution in [0.5, 0.6) is 0 Å². The minimum atomic E-state index is 0.164. The van der Waals surface area contributed by atoms with E-state index in [0.717, 1.165) is 35.2 Å². The van der Waals surface area contributed by atoms with Gasteiger partial charge in [0.05, 0.1) is 5.75 Å². The normalized spacial score (nSPS) is 16.5. The number of ketones is 1. The molecule has 0 spiro atoms. The maximum Gasteiger partial charge on any atom is 0.191 e. The molecule has 1 fully saturated rings. The van der Waals surface area contributed by atoms with Gasteiger partial charge in [-0.25, -0.2) is 0 Å². The lowest BCUT2D eigenvalue weighted by Crippen LogP contribution is -2.09. The van der Waals surface area contributed by atoms with Crippen LogP contribution in [0, 0.1) is 13.8 Å². The summed E-state index contributed by atoms with van der Waals surface area (Å²) in [4.78, 5) is 13.0. The predicted molar refractivity (Wildman–Crippen MR) is 122 cm³/mol. The standard InChI is InChI=1S/C24H32N4OS/c1-4-13-28-23(20-10-11-20)25-26-24(28)30-16-22(29)21-15-17(2)27(18(21)3)14-12-19-8-6-5-7-9-19/h4,8,15,20H,1,5-7,9-14,16H2,2-3H3. The molecule has 0 aromatic carbocycles. The summed E-state index contributed by atoms with van der Waals surface area (Å²) in [5, 5.41) is 9.55. The molecule has 0 unspecified atom stereocenters. The Morgan fingerprint density at radius 3 is 2.80 bits per heavy atom. The van der Waals surface area contributed by atoms with Gasteiger partial charge in [0.1, 0.15) is 5.82 Å². The quantitative estimate of drug-likeness (QED) is 0.282. The number of thioether (sulfide) groups is 1. The van der Waals surface area contributed by atoms with Gasteiger partial charge in [-0.2, -0.15) is 0 Å². The molecule has 160 valence electrons. The molecule has 5 nitrogen and oxygen atoms in total. The van der Waals surface area contributed by atoms with Crippen LogP contribution in [0.2, 0.25) is 0 Å². The molecule has 2 heterocycles. The number of rotatable bonds is 10.